The van der Waals surface area contributed by atoms with Gasteiger partial charge in [-0.15, -0.1) is 9.24 Å². The third-order valence-electron chi connectivity index (χ3n) is 1.81. The van der Waals surface area contributed by atoms with E-state index in [1.165, 1.54) is 24.8 Å². The number of hydrogen-bond donors (Lipinski definition) is 1. The van der Waals surface area contributed by atoms with Crippen molar-refractivity contribution in [3.05, 3.63) is 11.6 Å². The molecule has 0 aliphatic heterocycles. The molecule has 52 valence electrons. The predicted molar refractivity (Wildman–Crippen MR) is 44.5 cm³/mol. The summed E-state index contributed by atoms with van der Waals surface area (Å²) in [5.41, 5.74) is 7.72. The van der Waals surface area contributed by atoms with E-state index < -0.39 is 0 Å². The van der Waals surface area contributed by atoms with E-state index in [2.05, 4.69) is 15.3 Å². The van der Waals surface area contributed by atoms with Crippen LogP contribution in [0.25, 0.3) is 0 Å². The van der Waals surface area contributed by atoms with Gasteiger partial charge < -0.3 is 5.73 Å². The SMILES string of the molecule is NCC1=CCC(P)CC1. The normalized spacial score (nSPS) is 27.8. The Hall–Kier alpha value is 0.130. The first-order valence-corrected chi connectivity index (χ1v) is 4.13. The zero-order valence-corrected chi connectivity index (χ0v) is 6.79. The Bertz CT molecular complexity index is 120. The zero-order chi connectivity index (χ0) is 6.69. The molecule has 9 heavy (non-hydrogen) atoms. The highest BCUT2D eigenvalue weighted by molar-refractivity contribution is 7.17. The van der Waals surface area contributed by atoms with Crippen LogP contribution in [0.4, 0.5) is 0 Å². The van der Waals surface area contributed by atoms with E-state index in [0.29, 0.717) is 0 Å². The molecule has 1 rings (SSSR count). The Kier molecular flexibility index (Phi) is 2.68. The molecule has 0 heterocycles. The molecule has 2 N–H and O–H groups in total. The van der Waals surface area contributed by atoms with Gasteiger partial charge in [0.2, 0.25) is 0 Å². The van der Waals surface area contributed by atoms with Crippen LogP contribution in [-0.4, -0.2) is 12.2 Å². The second-order valence-electron chi connectivity index (χ2n) is 2.60. The fourth-order valence-corrected chi connectivity index (χ4v) is 1.40. The molecule has 0 spiro atoms. The molecule has 0 fully saturated rings. The molecule has 0 amide bonds. The van der Waals surface area contributed by atoms with Gasteiger partial charge in [0.1, 0.15) is 0 Å². The monoisotopic (exact) mass is 143 g/mol. The third kappa shape index (κ3) is 2.08. The first-order valence-electron chi connectivity index (χ1n) is 3.46. The molecule has 0 saturated carbocycles. The summed E-state index contributed by atoms with van der Waals surface area (Å²) < 4.78 is 0. The van der Waals surface area contributed by atoms with E-state index in [0.717, 1.165) is 12.2 Å². The molecule has 0 aromatic rings. The number of nitrogens with two attached hydrogens (primary N) is 1. The molecule has 0 aromatic heterocycles. The fraction of sp³-hybridized carbons (Fsp3) is 0.714. The van der Waals surface area contributed by atoms with E-state index in [-0.39, 0.29) is 0 Å². The van der Waals surface area contributed by atoms with Crippen LogP contribution in [0, 0.1) is 0 Å². The van der Waals surface area contributed by atoms with Gasteiger partial charge in [0.05, 0.1) is 0 Å². The molecular formula is C7H14NP. The Morgan fingerprint density at radius 2 is 2.56 bits per heavy atom. The van der Waals surface area contributed by atoms with Crippen LogP contribution in [0.1, 0.15) is 19.3 Å². The summed E-state index contributed by atoms with van der Waals surface area (Å²) in [4.78, 5) is 0. The molecule has 0 bridgehead atoms. The Morgan fingerprint density at radius 1 is 1.78 bits per heavy atom. The maximum Gasteiger partial charge on any atom is 0.0136 e. The van der Waals surface area contributed by atoms with E-state index in [1.807, 2.05) is 0 Å². The summed E-state index contributed by atoms with van der Waals surface area (Å²) in [6.07, 6.45) is 6.00. The predicted octanol–water partition coefficient (Wildman–Crippen LogP) is 1.30. The van der Waals surface area contributed by atoms with Crippen LogP contribution >= 0.6 is 9.24 Å². The van der Waals surface area contributed by atoms with Crippen molar-refractivity contribution >= 4 is 9.24 Å². The molecule has 0 saturated heterocycles. The minimum absolute atomic E-state index is 0.761. The van der Waals surface area contributed by atoms with Crippen molar-refractivity contribution in [2.75, 3.05) is 6.54 Å². The van der Waals surface area contributed by atoms with Gasteiger partial charge in [-0.3, -0.25) is 0 Å². The lowest BCUT2D eigenvalue weighted by molar-refractivity contribution is 0.707. The standard InChI is InChI=1S/C7H14NP/c8-5-6-1-3-7(9)4-2-6/h1,7H,2-5,8-9H2. The molecule has 1 nitrogen and oxygen atoms in total. The number of allylic oxidation sites excluding steroid dienone is 1. The maximum atomic E-state index is 5.47. The summed E-state index contributed by atoms with van der Waals surface area (Å²) in [6, 6.07) is 0. The molecule has 0 aromatic carbocycles. The summed E-state index contributed by atoms with van der Waals surface area (Å²) in [5.74, 6) is 0. The molecule has 2 atom stereocenters. The zero-order valence-electron chi connectivity index (χ0n) is 5.64. The Labute approximate surface area is 58.9 Å². The number of hydrogen-bond acceptors (Lipinski definition) is 1. The van der Waals surface area contributed by atoms with E-state index in [9.17, 15) is 0 Å². The smallest absolute Gasteiger partial charge is 0.0136 e. The summed E-state index contributed by atoms with van der Waals surface area (Å²) in [7, 11) is 2.86. The van der Waals surface area contributed by atoms with Gasteiger partial charge in [-0.2, -0.15) is 0 Å². The van der Waals surface area contributed by atoms with Crippen molar-refractivity contribution in [3.63, 3.8) is 0 Å². The van der Waals surface area contributed by atoms with Gasteiger partial charge in [0, 0.05) is 6.54 Å². The third-order valence-corrected chi connectivity index (χ3v) is 2.41. The van der Waals surface area contributed by atoms with Crippen molar-refractivity contribution in [2.24, 2.45) is 5.73 Å². The highest BCUT2D eigenvalue weighted by Gasteiger charge is 2.07. The first-order chi connectivity index (χ1) is 4.33. The van der Waals surface area contributed by atoms with Gasteiger partial charge in [-0.1, -0.05) is 11.6 Å². The highest BCUT2D eigenvalue weighted by atomic mass is 31.0. The maximum absolute atomic E-state index is 5.47. The fourth-order valence-electron chi connectivity index (χ4n) is 1.09. The van der Waals surface area contributed by atoms with Gasteiger partial charge in [-0.05, 0) is 24.9 Å². The van der Waals surface area contributed by atoms with Crippen LogP contribution in [0.15, 0.2) is 11.6 Å². The molecule has 1 aliphatic carbocycles. The Morgan fingerprint density at radius 3 is 3.00 bits per heavy atom. The second kappa shape index (κ2) is 3.34. The lowest BCUT2D eigenvalue weighted by Crippen LogP contribution is -2.10. The number of rotatable bonds is 1. The van der Waals surface area contributed by atoms with Crippen molar-refractivity contribution in [3.8, 4) is 0 Å². The van der Waals surface area contributed by atoms with Crippen molar-refractivity contribution in [1.82, 2.24) is 0 Å². The van der Waals surface area contributed by atoms with Crippen molar-refractivity contribution in [2.45, 2.75) is 24.9 Å². The minimum atomic E-state index is 0.761. The van der Waals surface area contributed by atoms with Crippen molar-refractivity contribution < 1.29 is 0 Å². The summed E-state index contributed by atoms with van der Waals surface area (Å²) >= 11 is 0. The molecule has 1 aliphatic rings. The molecule has 2 heteroatoms. The van der Waals surface area contributed by atoms with Gasteiger partial charge in [0.25, 0.3) is 0 Å². The summed E-state index contributed by atoms with van der Waals surface area (Å²) in [5, 5.41) is 0. The van der Waals surface area contributed by atoms with Gasteiger partial charge >= 0.3 is 0 Å². The largest absolute Gasteiger partial charge is 0.327 e. The minimum Gasteiger partial charge on any atom is -0.327 e. The topological polar surface area (TPSA) is 26.0 Å². The lowest BCUT2D eigenvalue weighted by Gasteiger charge is -2.16. The van der Waals surface area contributed by atoms with Crippen molar-refractivity contribution in [1.29, 1.82) is 0 Å². The average molecular weight is 143 g/mol. The van der Waals surface area contributed by atoms with E-state index in [4.69, 9.17) is 5.73 Å². The first kappa shape index (κ1) is 7.24. The van der Waals surface area contributed by atoms with Crippen LogP contribution < -0.4 is 5.73 Å². The Balaban J connectivity index is 2.40. The van der Waals surface area contributed by atoms with Gasteiger partial charge in [-0.25, -0.2) is 0 Å². The second-order valence-corrected chi connectivity index (χ2v) is 3.54. The lowest BCUT2D eigenvalue weighted by atomic mass is 9.99. The van der Waals surface area contributed by atoms with E-state index in [1.54, 1.807) is 0 Å². The van der Waals surface area contributed by atoms with Crippen LogP contribution in [-0.2, 0) is 0 Å². The van der Waals surface area contributed by atoms with E-state index >= 15 is 0 Å². The summed E-state index contributed by atoms with van der Waals surface area (Å²) in [6.45, 7) is 0.761. The molecular weight excluding hydrogens is 129 g/mol. The molecule has 0 radical (unpaired) electrons. The van der Waals surface area contributed by atoms with Crippen LogP contribution in [0.2, 0.25) is 0 Å². The quantitative estimate of drug-likeness (QED) is 0.434. The molecule has 2 unspecified atom stereocenters. The average Bonchev–Trinajstić information content (AvgIpc) is 1.90. The van der Waals surface area contributed by atoms with Gasteiger partial charge in [0.15, 0.2) is 0 Å². The van der Waals surface area contributed by atoms with Crippen LogP contribution in [0.3, 0.4) is 0 Å². The highest BCUT2D eigenvalue weighted by Crippen LogP contribution is 2.22. The van der Waals surface area contributed by atoms with Crippen LogP contribution in [0.5, 0.6) is 0 Å².